The Kier molecular flexibility index (Phi) is 7.98. The second-order valence-electron chi connectivity index (χ2n) is 6.38. The van der Waals surface area contributed by atoms with Crippen LogP contribution >= 0.6 is 0 Å². The summed E-state index contributed by atoms with van der Waals surface area (Å²) in [5.74, 6) is 2.20. The Morgan fingerprint density at radius 1 is 1.35 bits per heavy atom. The third-order valence-corrected chi connectivity index (χ3v) is 4.03. The van der Waals surface area contributed by atoms with Crippen molar-refractivity contribution in [2.45, 2.75) is 78.9 Å². The van der Waals surface area contributed by atoms with Crippen molar-refractivity contribution in [2.24, 2.45) is 11.8 Å². The highest BCUT2D eigenvalue weighted by Gasteiger charge is 2.22. The number of allylic oxidation sites excluding steroid dienone is 3. The van der Waals surface area contributed by atoms with E-state index in [9.17, 15) is 5.11 Å². The second kappa shape index (κ2) is 9.23. The summed E-state index contributed by atoms with van der Waals surface area (Å²) in [6.07, 6.45) is 11.1. The molecule has 0 bridgehead atoms. The molecule has 0 saturated carbocycles. The third-order valence-electron chi connectivity index (χ3n) is 4.03. The first-order valence-corrected chi connectivity index (χ1v) is 8.27. The lowest BCUT2D eigenvalue weighted by molar-refractivity contribution is -0.0355. The summed E-state index contributed by atoms with van der Waals surface area (Å²) in [6.45, 7) is 8.88. The number of ether oxygens (including phenoxy) is 1. The molecule has 0 aromatic carbocycles. The lowest BCUT2D eigenvalue weighted by atomic mass is 9.84. The smallest absolute Gasteiger partial charge is 0.216 e. The van der Waals surface area contributed by atoms with E-state index in [1.807, 2.05) is 6.08 Å². The quantitative estimate of drug-likeness (QED) is 0.377. The molecule has 1 N–H and O–H groups in total. The van der Waals surface area contributed by atoms with Crippen molar-refractivity contribution < 1.29 is 9.84 Å². The van der Waals surface area contributed by atoms with Gasteiger partial charge in [0.15, 0.2) is 0 Å². The van der Waals surface area contributed by atoms with E-state index in [1.54, 1.807) is 6.08 Å². The Bertz CT molecular complexity index is 328. The predicted molar refractivity (Wildman–Crippen MR) is 85.3 cm³/mol. The Balaban J connectivity index is 2.51. The van der Waals surface area contributed by atoms with Gasteiger partial charge in [0.1, 0.15) is 0 Å². The number of aliphatic hydroxyl groups excluding tert-OH is 1. The van der Waals surface area contributed by atoms with Crippen molar-refractivity contribution >= 4 is 0 Å². The Morgan fingerprint density at radius 3 is 2.75 bits per heavy atom. The fourth-order valence-corrected chi connectivity index (χ4v) is 2.74. The van der Waals surface area contributed by atoms with Crippen LogP contribution in [0.15, 0.2) is 23.5 Å². The topological polar surface area (TPSA) is 29.5 Å². The van der Waals surface area contributed by atoms with Crippen molar-refractivity contribution in [3.05, 3.63) is 23.5 Å². The zero-order valence-electron chi connectivity index (χ0n) is 13.7. The zero-order valence-corrected chi connectivity index (χ0v) is 13.7. The number of aliphatic hydroxyl groups is 1. The van der Waals surface area contributed by atoms with Gasteiger partial charge < -0.3 is 9.84 Å². The van der Waals surface area contributed by atoms with E-state index < -0.39 is 6.29 Å². The second-order valence-corrected chi connectivity index (χ2v) is 6.38. The minimum atomic E-state index is -0.786. The van der Waals surface area contributed by atoms with Crippen molar-refractivity contribution in [1.29, 1.82) is 0 Å². The van der Waals surface area contributed by atoms with Crippen LogP contribution < -0.4 is 0 Å². The molecule has 1 rings (SSSR count). The molecule has 2 heteroatoms. The standard InChI is InChI=1S/C18H32O2/c1-5-6-7-8-9-10-18(19)20-17-13-15(4)11-12-16(17)14(2)3/h9-10,14-15,18-19H,5-8,11-13H2,1-4H3. The van der Waals surface area contributed by atoms with Crippen molar-refractivity contribution in [2.75, 3.05) is 0 Å². The lowest BCUT2D eigenvalue weighted by Gasteiger charge is -2.28. The molecule has 0 saturated heterocycles. The largest absolute Gasteiger partial charge is 0.466 e. The first-order chi connectivity index (χ1) is 9.54. The van der Waals surface area contributed by atoms with Crippen LogP contribution in [0.5, 0.6) is 0 Å². The third kappa shape index (κ3) is 6.13. The molecule has 1 aliphatic rings. The summed E-state index contributed by atoms with van der Waals surface area (Å²) in [6, 6.07) is 0. The van der Waals surface area contributed by atoms with Gasteiger partial charge in [0.2, 0.25) is 6.29 Å². The summed E-state index contributed by atoms with van der Waals surface area (Å²) in [5, 5.41) is 10.0. The molecule has 0 heterocycles. The molecule has 116 valence electrons. The fourth-order valence-electron chi connectivity index (χ4n) is 2.74. The Labute approximate surface area is 124 Å². The highest BCUT2D eigenvalue weighted by Crippen LogP contribution is 2.34. The molecule has 0 aliphatic heterocycles. The van der Waals surface area contributed by atoms with Crippen molar-refractivity contribution in [3.8, 4) is 0 Å². The summed E-state index contributed by atoms with van der Waals surface area (Å²) < 4.78 is 5.79. The van der Waals surface area contributed by atoms with Gasteiger partial charge in [-0.15, -0.1) is 0 Å². The maximum absolute atomic E-state index is 10.0. The lowest BCUT2D eigenvalue weighted by Crippen LogP contribution is -2.17. The van der Waals surface area contributed by atoms with Crippen molar-refractivity contribution in [1.82, 2.24) is 0 Å². The van der Waals surface area contributed by atoms with Crippen LogP contribution in [0.25, 0.3) is 0 Å². The molecule has 20 heavy (non-hydrogen) atoms. The number of hydrogen-bond acceptors (Lipinski definition) is 2. The van der Waals surface area contributed by atoms with Crippen LogP contribution in [0.4, 0.5) is 0 Å². The maximum Gasteiger partial charge on any atom is 0.216 e. The van der Waals surface area contributed by atoms with E-state index in [0.717, 1.165) is 25.0 Å². The summed E-state index contributed by atoms with van der Waals surface area (Å²) in [5.41, 5.74) is 1.39. The molecular weight excluding hydrogens is 248 g/mol. The molecule has 2 unspecified atom stereocenters. The molecular formula is C18H32O2. The van der Waals surface area contributed by atoms with Crippen LogP contribution in [0.3, 0.4) is 0 Å². The molecule has 0 amide bonds. The molecule has 0 radical (unpaired) electrons. The van der Waals surface area contributed by atoms with Gasteiger partial charge in [-0.05, 0) is 49.2 Å². The first-order valence-electron chi connectivity index (χ1n) is 8.27. The molecule has 0 aromatic heterocycles. The van der Waals surface area contributed by atoms with E-state index in [2.05, 4.69) is 27.7 Å². The van der Waals surface area contributed by atoms with Crippen LogP contribution in [0.1, 0.15) is 72.6 Å². The zero-order chi connectivity index (χ0) is 15.0. The van der Waals surface area contributed by atoms with Crippen molar-refractivity contribution in [3.63, 3.8) is 0 Å². The number of rotatable bonds is 8. The van der Waals surface area contributed by atoms with Gasteiger partial charge in [-0.2, -0.15) is 0 Å². The van der Waals surface area contributed by atoms with Gasteiger partial charge in [0.05, 0.1) is 5.76 Å². The van der Waals surface area contributed by atoms with Gasteiger partial charge in [-0.25, -0.2) is 0 Å². The van der Waals surface area contributed by atoms with Crippen LogP contribution in [-0.4, -0.2) is 11.4 Å². The molecule has 0 spiro atoms. The SMILES string of the molecule is CCCCCC=CC(O)OC1=C(C(C)C)CCC(C)C1. The van der Waals surface area contributed by atoms with Crippen LogP contribution in [-0.2, 0) is 4.74 Å². The average molecular weight is 280 g/mol. The molecule has 2 atom stereocenters. The van der Waals surface area contributed by atoms with Gasteiger partial charge in [-0.1, -0.05) is 46.6 Å². The monoisotopic (exact) mass is 280 g/mol. The predicted octanol–water partition coefficient (Wildman–Crippen LogP) is 5.19. The van der Waals surface area contributed by atoms with Gasteiger partial charge in [0, 0.05) is 6.42 Å². The maximum atomic E-state index is 10.0. The molecule has 0 aromatic rings. The van der Waals surface area contributed by atoms with Crippen LogP contribution in [0.2, 0.25) is 0 Å². The highest BCUT2D eigenvalue weighted by atomic mass is 16.6. The average Bonchev–Trinajstić information content (AvgIpc) is 2.38. The van der Waals surface area contributed by atoms with E-state index in [1.165, 1.54) is 31.3 Å². The summed E-state index contributed by atoms with van der Waals surface area (Å²) >= 11 is 0. The highest BCUT2D eigenvalue weighted by molar-refractivity contribution is 5.15. The van der Waals surface area contributed by atoms with Gasteiger partial charge >= 0.3 is 0 Å². The van der Waals surface area contributed by atoms with Crippen LogP contribution in [0, 0.1) is 11.8 Å². The van der Waals surface area contributed by atoms with Gasteiger partial charge in [0.25, 0.3) is 0 Å². The van der Waals surface area contributed by atoms with Gasteiger partial charge in [-0.3, -0.25) is 0 Å². The number of unbranched alkanes of at least 4 members (excludes halogenated alkanes) is 3. The molecule has 1 aliphatic carbocycles. The summed E-state index contributed by atoms with van der Waals surface area (Å²) in [4.78, 5) is 0. The first kappa shape index (κ1) is 17.3. The minimum absolute atomic E-state index is 0.512. The Morgan fingerprint density at radius 2 is 2.10 bits per heavy atom. The fraction of sp³-hybridized carbons (Fsp3) is 0.778. The molecule has 2 nitrogen and oxygen atoms in total. The number of hydrogen-bond donors (Lipinski definition) is 1. The van der Waals surface area contributed by atoms with E-state index in [0.29, 0.717) is 11.8 Å². The normalized spacial score (nSPS) is 21.8. The Hall–Kier alpha value is -0.760. The van der Waals surface area contributed by atoms with E-state index >= 15 is 0 Å². The molecule has 0 fully saturated rings. The van der Waals surface area contributed by atoms with E-state index in [4.69, 9.17) is 4.74 Å². The summed E-state index contributed by atoms with van der Waals surface area (Å²) in [7, 11) is 0. The van der Waals surface area contributed by atoms with E-state index in [-0.39, 0.29) is 0 Å². The minimum Gasteiger partial charge on any atom is -0.466 e.